The lowest BCUT2D eigenvalue weighted by Gasteiger charge is -2.11. The fourth-order valence-corrected chi connectivity index (χ4v) is 2.89. The quantitative estimate of drug-likeness (QED) is 0.690. The van der Waals surface area contributed by atoms with Crippen LogP contribution < -0.4 is 0 Å². The monoisotopic (exact) mass is 300 g/mol. The van der Waals surface area contributed by atoms with Gasteiger partial charge in [0, 0.05) is 5.25 Å². The van der Waals surface area contributed by atoms with Gasteiger partial charge in [-0.15, -0.1) is 5.10 Å². The van der Waals surface area contributed by atoms with E-state index < -0.39 is 0 Å². The van der Waals surface area contributed by atoms with Gasteiger partial charge in [0.05, 0.1) is 5.69 Å². The number of nitrogens with zero attached hydrogens (tertiary/aromatic N) is 4. The van der Waals surface area contributed by atoms with Gasteiger partial charge >= 0.3 is 0 Å². The molecule has 2 aromatic carbocycles. The van der Waals surface area contributed by atoms with Gasteiger partial charge in [-0.3, -0.25) is 0 Å². The molecule has 0 saturated carbocycles. The van der Waals surface area contributed by atoms with Crippen LogP contribution in [0, 0.1) is 5.82 Å². The van der Waals surface area contributed by atoms with Gasteiger partial charge in [-0.05, 0) is 47.2 Å². The summed E-state index contributed by atoms with van der Waals surface area (Å²) >= 11 is 1.49. The average molecular weight is 300 g/mol. The maximum Gasteiger partial charge on any atom is 0.214 e. The third kappa shape index (κ3) is 3.11. The van der Waals surface area contributed by atoms with Gasteiger partial charge < -0.3 is 0 Å². The van der Waals surface area contributed by atoms with E-state index in [-0.39, 0.29) is 11.1 Å². The van der Waals surface area contributed by atoms with E-state index in [2.05, 4.69) is 15.5 Å². The summed E-state index contributed by atoms with van der Waals surface area (Å²) in [5.74, 6) is -0.234. The number of aromatic nitrogens is 4. The fourth-order valence-electron chi connectivity index (χ4n) is 1.97. The minimum absolute atomic E-state index is 0.0502. The van der Waals surface area contributed by atoms with E-state index in [1.165, 1.54) is 23.9 Å². The molecule has 0 fully saturated rings. The Morgan fingerprint density at radius 2 is 1.90 bits per heavy atom. The molecule has 1 aromatic heterocycles. The van der Waals surface area contributed by atoms with Crippen molar-refractivity contribution in [1.29, 1.82) is 0 Å². The maximum absolute atomic E-state index is 13.3. The van der Waals surface area contributed by atoms with Crippen LogP contribution in [0.25, 0.3) is 5.69 Å². The lowest BCUT2D eigenvalue weighted by molar-refractivity contribution is 0.625. The molecule has 0 aliphatic rings. The highest BCUT2D eigenvalue weighted by atomic mass is 32.2. The molecular weight excluding hydrogens is 287 g/mol. The van der Waals surface area contributed by atoms with Gasteiger partial charge in [0.25, 0.3) is 0 Å². The second-order valence-corrected chi connectivity index (χ2v) is 5.83. The third-order valence-corrected chi connectivity index (χ3v) is 4.13. The zero-order chi connectivity index (χ0) is 14.7. The number of thioether (sulfide) groups is 1. The van der Waals surface area contributed by atoms with Crippen LogP contribution in [0.2, 0.25) is 0 Å². The van der Waals surface area contributed by atoms with Crippen LogP contribution in [-0.2, 0) is 0 Å². The Kier molecular flexibility index (Phi) is 3.96. The van der Waals surface area contributed by atoms with E-state index in [4.69, 9.17) is 0 Å². The summed E-state index contributed by atoms with van der Waals surface area (Å²) in [4.78, 5) is 0. The predicted molar refractivity (Wildman–Crippen MR) is 79.8 cm³/mol. The molecule has 0 N–H and O–H groups in total. The molecule has 3 rings (SSSR count). The summed E-state index contributed by atoms with van der Waals surface area (Å²) in [6.07, 6.45) is 0. The fraction of sp³-hybridized carbons (Fsp3) is 0.133. The largest absolute Gasteiger partial charge is 0.214 e. The average Bonchev–Trinajstić information content (AvgIpc) is 2.96. The second kappa shape index (κ2) is 6.05. The predicted octanol–water partition coefficient (Wildman–Crippen LogP) is 3.65. The normalized spacial score (nSPS) is 12.3. The highest BCUT2D eigenvalue weighted by molar-refractivity contribution is 7.99. The number of halogens is 1. The first kappa shape index (κ1) is 13.8. The Labute approximate surface area is 126 Å². The molecule has 106 valence electrons. The van der Waals surface area contributed by atoms with E-state index in [9.17, 15) is 4.39 Å². The van der Waals surface area contributed by atoms with Crippen LogP contribution in [0.5, 0.6) is 0 Å². The van der Waals surface area contributed by atoms with Gasteiger partial charge in [0.15, 0.2) is 0 Å². The van der Waals surface area contributed by atoms with Crippen molar-refractivity contribution in [2.45, 2.75) is 17.3 Å². The zero-order valence-electron chi connectivity index (χ0n) is 11.3. The number of hydrogen-bond donors (Lipinski definition) is 0. The summed E-state index contributed by atoms with van der Waals surface area (Å²) < 4.78 is 15.0. The summed E-state index contributed by atoms with van der Waals surface area (Å²) in [5.41, 5.74) is 1.80. The van der Waals surface area contributed by atoms with Crippen LogP contribution in [0.1, 0.15) is 17.7 Å². The molecule has 0 saturated heterocycles. The maximum atomic E-state index is 13.3. The van der Waals surface area contributed by atoms with Crippen molar-refractivity contribution >= 4 is 11.8 Å². The highest BCUT2D eigenvalue weighted by Gasteiger charge is 2.14. The molecule has 0 spiro atoms. The van der Waals surface area contributed by atoms with Crippen LogP contribution in [0.3, 0.4) is 0 Å². The van der Waals surface area contributed by atoms with Crippen molar-refractivity contribution in [3.8, 4) is 5.69 Å². The number of tetrazole rings is 1. The van der Waals surface area contributed by atoms with E-state index >= 15 is 0 Å². The number of benzene rings is 2. The van der Waals surface area contributed by atoms with Crippen molar-refractivity contribution in [2.24, 2.45) is 0 Å². The molecule has 6 heteroatoms. The first-order valence-electron chi connectivity index (χ1n) is 6.50. The second-order valence-electron chi connectivity index (χ2n) is 4.52. The lowest BCUT2D eigenvalue weighted by Crippen LogP contribution is -2.00. The molecule has 0 amide bonds. The molecule has 21 heavy (non-hydrogen) atoms. The number of para-hydroxylation sites is 1. The smallest absolute Gasteiger partial charge is 0.207 e. The molecule has 3 aromatic rings. The molecular formula is C15H13FN4S. The molecule has 0 aliphatic heterocycles. The SMILES string of the molecule is CC(Sc1nnnn1-c1ccccc1)c1cccc(F)c1. The zero-order valence-corrected chi connectivity index (χ0v) is 12.2. The van der Waals surface area contributed by atoms with Gasteiger partial charge in [0.2, 0.25) is 5.16 Å². The van der Waals surface area contributed by atoms with Gasteiger partial charge in [0.1, 0.15) is 5.82 Å². The molecule has 4 nitrogen and oxygen atoms in total. The van der Waals surface area contributed by atoms with Gasteiger partial charge in [-0.1, -0.05) is 42.1 Å². The topological polar surface area (TPSA) is 43.6 Å². The third-order valence-electron chi connectivity index (χ3n) is 3.04. The standard InChI is InChI=1S/C15H13FN4S/c1-11(12-6-5-7-13(16)10-12)21-15-17-18-19-20(15)14-8-3-2-4-9-14/h2-11H,1H3. The molecule has 0 radical (unpaired) electrons. The number of rotatable bonds is 4. The first-order valence-corrected chi connectivity index (χ1v) is 7.38. The van der Waals surface area contributed by atoms with E-state index in [1.54, 1.807) is 10.7 Å². The van der Waals surface area contributed by atoms with Crippen LogP contribution in [0.4, 0.5) is 4.39 Å². The molecule has 1 unspecified atom stereocenters. The lowest BCUT2D eigenvalue weighted by atomic mass is 10.2. The summed E-state index contributed by atoms with van der Waals surface area (Å²) in [6, 6.07) is 16.3. The number of hydrogen-bond acceptors (Lipinski definition) is 4. The van der Waals surface area contributed by atoms with Crippen molar-refractivity contribution in [3.05, 3.63) is 66.0 Å². The van der Waals surface area contributed by atoms with Crippen molar-refractivity contribution in [3.63, 3.8) is 0 Å². The molecule has 1 heterocycles. The molecule has 1 atom stereocenters. The summed E-state index contributed by atoms with van der Waals surface area (Å²) in [5, 5.41) is 12.5. The van der Waals surface area contributed by atoms with Crippen LogP contribution in [0.15, 0.2) is 59.8 Å². The minimum Gasteiger partial charge on any atom is -0.207 e. The van der Waals surface area contributed by atoms with E-state index in [0.717, 1.165) is 11.3 Å². The Morgan fingerprint density at radius 1 is 1.10 bits per heavy atom. The Hall–Kier alpha value is -2.21. The summed E-state index contributed by atoms with van der Waals surface area (Å²) in [6.45, 7) is 2.00. The van der Waals surface area contributed by atoms with Gasteiger partial charge in [-0.2, -0.15) is 4.68 Å². The molecule has 0 bridgehead atoms. The Bertz CT molecular complexity index is 729. The summed E-state index contributed by atoms with van der Waals surface area (Å²) in [7, 11) is 0. The van der Waals surface area contributed by atoms with Crippen molar-refractivity contribution in [1.82, 2.24) is 20.2 Å². The van der Waals surface area contributed by atoms with Crippen molar-refractivity contribution in [2.75, 3.05) is 0 Å². The Balaban J connectivity index is 1.85. The highest BCUT2D eigenvalue weighted by Crippen LogP contribution is 2.34. The molecule has 0 aliphatic carbocycles. The van der Waals surface area contributed by atoms with E-state index in [0.29, 0.717) is 5.16 Å². The first-order chi connectivity index (χ1) is 10.2. The Morgan fingerprint density at radius 3 is 2.67 bits per heavy atom. The van der Waals surface area contributed by atoms with Crippen LogP contribution >= 0.6 is 11.8 Å². The minimum atomic E-state index is -0.234. The van der Waals surface area contributed by atoms with E-state index in [1.807, 2.05) is 43.3 Å². The van der Waals surface area contributed by atoms with Crippen LogP contribution in [-0.4, -0.2) is 20.2 Å². The van der Waals surface area contributed by atoms with Crippen molar-refractivity contribution < 1.29 is 4.39 Å². The van der Waals surface area contributed by atoms with Gasteiger partial charge in [-0.25, -0.2) is 4.39 Å².